The van der Waals surface area contributed by atoms with Crippen molar-refractivity contribution in [1.29, 1.82) is 0 Å². The number of carbonyl (C=O) groups excluding carboxylic acids is 1. The molecule has 0 unspecified atom stereocenters. The van der Waals surface area contributed by atoms with Crippen LogP contribution in [0.5, 0.6) is 5.75 Å². The van der Waals surface area contributed by atoms with E-state index < -0.39 is 0 Å². The third kappa shape index (κ3) is 4.56. The maximum absolute atomic E-state index is 12.8. The first-order chi connectivity index (χ1) is 15.1. The fourth-order valence-electron chi connectivity index (χ4n) is 4.19. The van der Waals surface area contributed by atoms with Crippen molar-refractivity contribution in [3.8, 4) is 11.4 Å². The molecule has 0 aliphatic carbocycles. The van der Waals surface area contributed by atoms with Crippen molar-refractivity contribution < 1.29 is 14.4 Å². The number of nitrogens with zero attached hydrogens (tertiary/aromatic N) is 3. The van der Waals surface area contributed by atoms with Crippen LogP contribution in [0.25, 0.3) is 5.69 Å². The number of carbonyl (C=O) groups is 1. The van der Waals surface area contributed by atoms with Crippen LogP contribution in [-0.2, 0) is 4.79 Å². The Morgan fingerprint density at radius 2 is 1.74 bits per heavy atom. The first-order valence-electron chi connectivity index (χ1n) is 10.7. The molecule has 2 aromatic carbocycles. The number of methoxy groups -OCH3 is 1. The van der Waals surface area contributed by atoms with Crippen molar-refractivity contribution >= 4 is 17.3 Å². The number of amides is 1. The highest BCUT2D eigenvalue weighted by molar-refractivity contribution is 5.92. The molecule has 1 saturated heterocycles. The second-order valence-corrected chi connectivity index (χ2v) is 7.93. The molecule has 0 atom stereocenters. The fourth-order valence-corrected chi connectivity index (χ4v) is 4.19. The van der Waals surface area contributed by atoms with Crippen LogP contribution in [0.2, 0.25) is 0 Å². The molecule has 31 heavy (non-hydrogen) atoms. The lowest BCUT2D eigenvalue weighted by Gasteiger charge is -2.34. The van der Waals surface area contributed by atoms with E-state index >= 15 is 0 Å². The third-order valence-electron chi connectivity index (χ3n) is 5.86. The molecule has 0 radical (unpaired) electrons. The normalized spacial score (nSPS) is 14.5. The molecule has 1 aliphatic heterocycles. The zero-order valence-corrected chi connectivity index (χ0v) is 18.4. The predicted molar refractivity (Wildman–Crippen MR) is 122 cm³/mol. The van der Waals surface area contributed by atoms with Crippen molar-refractivity contribution in [2.24, 2.45) is 0 Å². The number of quaternary nitrogens is 1. The summed E-state index contributed by atoms with van der Waals surface area (Å²) in [6, 6.07) is 18.1. The number of hydrogen-bond acceptors (Lipinski definition) is 4. The standard InChI is InChI=1S/C24H29N5O2/c1-18-24(19(2)29(26-18)20-9-5-4-6-10-20)25-23(30)17-27-13-15-28(16-14-27)21-11-7-8-12-22(21)31-3/h4-12H,13-17H2,1-3H3,(H,25,30)/p+1. The van der Waals surface area contributed by atoms with Crippen LogP contribution < -0.4 is 19.9 Å². The maximum Gasteiger partial charge on any atom is 0.279 e. The summed E-state index contributed by atoms with van der Waals surface area (Å²) in [7, 11) is 1.70. The molecule has 1 amide bonds. The van der Waals surface area contributed by atoms with Gasteiger partial charge in [0.25, 0.3) is 5.91 Å². The molecule has 0 spiro atoms. The van der Waals surface area contributed by atoms with Crippen molar-refractivity contribution in [3.63, 3.8) is 0 Å². The van der Waals surface area contributed by atoms with E-state index in [0.29, 0.717) is 6.54 Å². The van der Waals surface area contributed by atoms with Gasteiger partial charge in [0.15, 0.2) is 6.54 Å². The lowest BCUT2D eigenvalue weighted by molar-refractivity contribution is -0.892. The Labute approximate surface area is 183 Å². The molecule has 7 heteroatoms. The second-order valence-electron chi connectivity index (χ2n) is 7.93. The number of anilines is 2. The molecule has 3 aromatic rings. The van der Waals surface area contributed by atoms with E-state index in [4.69, 9.17) is 4.74 Å². The minimum absolute atomic E-state index is 0.0274. The van der Waals surface area contributed by atoms with Crippen LogP contribution >= 0.6 is 0 Å². The van der Waals surface area contributed by atoms with Gasteiger partial charge in [-0.25, -0.2) is 4.68 Å². The van der Waals surface area contributed by atoms with Gasteiger partial charge in [0.2, 0.25) is 0 Å². The fraction of sp³-hybridized carbons (Fsp3) is 0.333. The minimum Gasteiger partial charge on any atom is -0.495 e. The first kappa shape index (κ1) is 20.9. The van der Waals surface area contributed by atoms with Crippen molar-refractivity contribution in [3.05, 3.63) is 66.0 Å². The van der Waals surface area contributed by atoms with Gasteiger partial charge in [0.1, 0.15) is 5.75 Å². The van der Waals surface area contributed by atoms with Gasteiger partial charge in [-0.05, 0) is 38.1 Å². The molecule has 1 aliphatic rings. The Morgan fingerprint density at radius 3 is 2.45 bits per heavy atom. The van der Waals surface area contributed by atoms with Gasteiger partial charge in [-0.2, -0.15) is 5.10 Å². The van der Waals surface area contributed by atoms with Gasteiger partial charge in [-0.1, -0.05) is 30.3 Å². The van der Waals surface area contributed by atoms with E-state index in [0.717, 1.165) is 60.4 Å². The van der Waals surface area contributed by atoms with Gasteiger partial charge < -0.3 is 19.9 Å². The third-order valence-corrected chi connectivity index (χ3v) is 5.86. The minimum atomic E-state index is 0.0274. The Bertz CT molecular complexity index is 1040. The van der Waals surface area contributed by atoms with Crippen LogP contribution in [0.3, 0.4) is 0 Å². The Balaban J connectivity index is 1.36. The number of aryl methyl sites for hydroxylation is 1. The zero-order valence-electron chi connectivity index (χ0n) is 18.4. The summed E-state index contributed by atoms with van der Waals surface area (Å²) in [4.78, 5) is 16.4. The summed E-state index contributed by atoms with van der Waals surface area (Å²) in [5.74, 6) is 0.921. The first-order valence-corrected chi connectivity index (χ1v) is 10.7. The summed E-state index contributed by atoms with van der Waals surface area (Å²) in [6.07, 6.45) is 0. The molecule has 162 valence electrons. The van der Waals surface area contributed by atoms with E-state index in [2.05, 4.69) is 21.4 Å². The summed E-state index contributed by atoms with van der Waals surface area (Å²) < 4.78 is 7.37. The number of hydrogen-bond donors (Lipinski definition) is 2. The lowest BCUT2D eigenvalue weighted by atomic mass is 10.2. The van der Waals surface area contributed by atoms with E-state index in [-0.39, 0.29) is 5.91 Å². The van der Waals surface area contributed by atoms with Gasteiger partial charge in [-0.3, -0.25) is 4.79 Å². The van der Waals surface area contributed by atoms with Gasteiger partial charge in [-0.15, -0.1) is 0 Å². The van der Waals surface area contributed by atoms with Crippen LogP contribution in [0.4, 0.5) is 11.4 Å². The van der Waals surface area contributed by atoms with Gasteiger partial charge in [0.05, 0.1) is 61.7 Å². The zero-order chi connectivity index (χ0) is 21.8. The monoisotopic (exact) mass is 420 g/mol. The van der Waals surface area contributed by atoms with Crippen molar-refractivity contribution in [1.82, 2.24) is 9.78 Å². The van der Waals surface area contributed by atoms with Gasteiger partial charge in [0, 0.05) is 0 Å². The summed E-state index contributed by atoms with van der Waals surface area (Å²) in [6.45, 7) is 7.98. The molecular formula is C24H30N5O2+. The average molecular weight is 421 g/mol. The van der Waals surface area contributed by atoms with Crippen molar-refractivity contribution in [2.75, 3.05) is 50.1 Å². The summed E-state index contributed by atoms with van der Waals surface area (Å²) >= 11 is 0. The molecule has 0 saturated carbocycles. The van der Waals surface area contributed by atoms with E-state index in [1.54, 1.807) is 7.11 Å². The number of rotatable bonds is 6. The Kier molecular flexibility index (Phi) is 6.23. The Hall–Kier alpha value is -3.32. The number of benzene rings is 2. The summed E-state index contributed by atoms with van der Waals surface area (Å²) in [5.41, 5.74) is 4.68. The van der Waals surface area contributed by atoms with E-state index in [1.807, 2.05) is 67.1 Å². The topological polar surface area (TPSA) is 63.8 Å². The molecule has 2 heterocycles. The highest BCUT2D eigenvalue weighted by Crippen LogP contribution is 2.27. The smallest absolute Gasteiger partial charge is 0.279 e. The number of nitrogens with one attached hydrogen (secondary N) is 2. The predicted octanol–water partition coefficient (Wildman–Crippen LogP) is 1.84. The SMILES string of the molecule is COc1ccccc1N1CC[NH+](CC(=O)Nc2c(C)nn(-c3ccccc3)c2C)CC1. The molecule has 0 bridgehead atoms. The molecule has 2 N–H and O–H groups in total. The van der Waals surface area contributed by atoms with Gasteiger partial charge >= 0.3 is 0 Å². The quantitative estimate of drug-likeness (QED) is 0.639. The van der Waals surface area contributed by atoms with Crippen LogP contribution in [-0.4, -0.2) is 55.5 Å². The lowest BCUT2D eigenvalue weighted by Crippen LogP contribution is -3.15. The largest absolute Gasteiger partial charge is 0.495 e. The number of piperazine rings is 1. The Morgan fingerprint density at radius 1 is 1.06 bits per heavy atom. The highest BCUT2D eigenvalue weighted by Gasteiger charge is 2.25. The van der Waals surface area contributed by atoms with Crippen LogP contribution in [0.15, 0.2) is 54.6 Å². The molecule has 1 aromatic heterocycles. The maximum atomic E-state index is 12.8. The highest BCUT2D eigenvalue weighted by atomic mass is 16.5. The van der Waals surface area contributed by atoms with E-state index in [1.165, 1.54) is 4.90 Å². The summed E-state index contributed by atoms with van der Waals surface area (Å²) in [5, 5.41) is 7.72. The second kappa shape index (κ2) is 9.22. The molecule has 4 rings (SSSR count). The molecule has 1 fully saturated rings. The number of aromatic nitrogens is 2. The molecular weight excluding hydrogens is 390 g/mol. The average Bonchev–Trinajstić information content (AvgIpc) is 3.08. The van der Waals surface area contributed by atoms with Crippen LogP contribution in [0, 0.1) is 13.8 Å². The number of para-hydroxylation sites is 3. The number of ether oxygens (including phenoxy) is 1. The van der Waals surface area contributed by atoms with Crippen molar-refractivity contribution in [2.45, 2.75) is 13.8 Å². The van der Waals surface area contributed by atoms with E-state index in [9.17, 15) is 4.79 Å². The van der Waals surface area contributed by atoms with Crippen LogP contribution in [0.1, 0.15) is 11.4 Å². The molecule has 7 nitrogen and oxygen atoms in total.